The monoisotopic (exact) mass is 485 g/mol. The molecule has 4 N–H and O–H groups in total. The molecular formula is C24H20ClN9O. The van der Waals surface area contributed by atoms with E-state index < -0.39 is 0 Å². The topological polar surface area (TPSA) is 132 Å². The average Bonchev–Trinajstić information content (AvgIpc) is 3.55. The maximum Gasteiger partial charge on any atom is 0.251 e. The van der Waals surface area contributed by atoms with Crippen molar-refractivity contribution in [2.75, 3.05) is 5.73 Å². The molecule has 0 saturated heterocycles. The largest absolute Gasteiger partial charge is 0.382 e. The molecule has 0 atom stereocenters. The van der Waals surface area contributed by atoms with Crippen LogP contribution in [-0.2, 0) is 20.1 Å². The van der Waals surface area contributed by atoms with Gasteiger partial charge < -0.3 is 20.6 Å². The van der Waals surface area contributed by atoms with Crippen molar-refractivity contribution in [3.05, 3.63) is 77.1 Å². The molecule has 0 saturated carbocycles. The first kappa shape index (κ1) is 21.1. The molecule has 4 aromatic heterocycles. The van der Waals surface area contributed by atoms with Gasteiger partial charge in [0, 0.05) is 34.1 Å². The summed E-state index contributed by atoms with van der Waals surface area (Å²) < 4.78 is 3.65. The summed E-state index contributed by atoms with van der Waals surface area (Å²) in [6, 6.07) is 11.3. The number of aromatic nitrogens is 7. The van der Waals surface area contributed by atoms with E-state index in [1.165, 1.54) is 6.33 Å². The van der Waals surface area contributed by atoms with Crippen LogP contribution < -0.4 is 11.1 Å². The number of hydrogen-bond donors (Lipinski definition) is 3. The number of H-pyrrole nitrogens is 1. The highest BCUT2D eigenvalue weighted by Crippen LogP contribution is 2.27. The molecule has 174 valence electrons. The lowest BCUT2D eigenvalue weighted by Gasteiger charge is -2.07. The van der Waals surface area contributed by atoms with Crippen molar-refractivity contribution in [3.63, 3.8) is 0 Å². The smallest absolute Gasteiger partial charge is 0.251 e. The molecule has 6 rings (SSSR count). The van der Waals surface area contributed by atoms with E-state index in [1.807, 2.05) is 41.9 Å². The number of fused-ring (bicyclic) bond motifs is 3. The third-order valence-electron chi connectivity index (χ3n) is 6.05. The van der Waals surface area contributed by atoms with Gasteiger partial charge in [0.25, 0.3) is 5.91 Å². The Bertz CT molecular complexity index is 1750. The molecule has 1 amide bonds. The van der Waals surface area contributed by atoms with E-state index in [0.29, 0.717) is 40.7 Å². The Labute approximate surface area is 203 Å². The van der Waals surface area contributed by atoms with E-state index in [4.69, 9.17) is 17.3 Å². The van der Waals surface area contributed by atoms with Crippen molar-refractivity contribution in [3.8, 4) is 0 Å². The van der Waals surface area contributed by atoms with Gasteiger partial charge in [-0.05, 0) is 35.9 Å². The molecule has 35 heavy (non-hydrogen) atoms. The first-order valence-electron chi connectivity index (χ1n) is 10.9. The van der Waals surface area contributed by atoms with E-state index >= 15 is 0 Å². The van der Waals surface area contributed by atoms with Crippen molar-refractivity contribution >= 4 is 56.3 Å². The second kappa shape index (κ2) is 8.10. The molecule has 0 bridgehead atoms. The Balaban J connectivity index is 1.26. The van der Waals surface area contributed by atoms with Gasteiger partial charge >= 0.3 is 0 Å². The molecule has 0 radical (unpaired) electrons. The number of rotatable bonds is 5. The van der Waals surface area contributed by atoms with Gasteiger partial charge in [0.1, 0.15) is 11.8 Å². The molecule has 2 aromatic carbocycles. The molecule has 0 aliphatic rings. The second-order valence-corrected chi connectivity index (χ2v) is 8.79. The average molecular weight is 486 g/mol. The summed E-state index contributed by atoms with van der Waals surface area (Å²) in [5.41, 5.74) is 11.4. The summed E-state index contributed by atoms with van der Waals surface area (Å²) in [7, 11) is 1.85. The molecule has 0 fully saturated rings. The van der Waals surface area contributed by atoms with Crippen LogP contribution in [0.3, 0.4) is 0 Å². The second-order valence-electron chi connectivity index (χ2n) is 8.35. The number of carbonyl (C=O) groups excluding carboxylic acids is 1. The van der Waals surface area contributed by atoms with Crippen LogP contribution in [0.15, 0.2) is 55.2 Å². The number of amides is 1. The van der Waals surface area contributed by atoms with Crippen molar-refractivity contribution in [2.24, 2.45) is 7.05 Å². The zero-order valence-electron chi connectivity index (χ0n) is 18.7. The van der Waals surface area contributed by atoms with E-state index in [-0.39, 0.29) is 5.91 Å². The number of imidazole rings is 1. The fraction of sp³-hybridized carbons (Fsp3) is 0.125. The predicted molar refractivity (Wildman–Crippen MR) is 134 cm³/mol. The quantitative estimate of drug-likeness (QED) is 0.343. The van der Waals surface area contributed by atoms with Crippen molar-refractivity contribution in [1.29, 1.82) is 0 Å². The number of halogens is 1. The SMILES string of the molecule is Cn1ncc2ccc(C(=O)NCc3cc4cc(Cl)cc(Cn5cnc6c(N)ncnc65)c4[nH]3)cc21. The number of nitrogen functional groups attached to an aromatic ring is 1. The molecule has 0 aliphatic carbocycles. The lowest BCUT2D eigenvalue weighted by molar-refractivity contribution is 0.0950. The van der Waals surface area contributed by atoms with Crippen LogP contribution in [-0.4, -0.2) is 40.2 Å². The molecule has 11 heteroatoms. The Kier molecular flexibility index (Phi) is 4.89. The standard InChI is InChI=1S/C24H20ClN9O/c1-33-19-7-13(2-3-14(19)8-31-33)24(35)27-9-18-6-15-4-17(25)5-16(20(15)32-18)10-34-12-30-21-22(26)28-11-29-23(21)34/h2-8,11-12,32H,9-10H2,1H3,(H,27,35)(H2,26,28,29). The molecule has 0 unspecified atom stereocenters. The molecule has 4 heterocycles. The van der Waals surface area contributed by atoms with Crippen LogP contribution in [0.2, 0.25) is 5.02 Å². The summed E-state index contributed by atoms with van der Waals surface area (Å²) >= 11 is 6.41. The van der Waals surface area contributed by atoms with Crippen molar-refractivity contribution < 1.29 is 4.79 Å². The summed E-state index contributed by atoms with van der Waals surface area (Å²) in [5.74, 6) is 0.178. The van der Waals surface area contributed by atoms with E-state index in [1.54, 1.807) is 23.3 Å². The first-order valence-corrected chi connectivity index (χ1v) is 11.3. The van der Waals surface area contributed by atoms with E-state index in [9.17, 15) is 4.79 Å². The minimum atomic E-state index is -0.160. The number of nitrogens with two attached hydrogens (primary N) is 1. The van der Waals surface area contributed by atoms with Crippen LogP contribution in [0, 0.1) is 0 Å². The number of anilines is 1. The van der Waals surface area contributed by atoms with Gasteiger partial charge in [-0.1, -0.05) is 17.7 Å². The van der Waals surface area contributed by atoms with Crippen molar-refractivity contribution in [1.82, 2.24) is 39.6 Å². The summed E-state index contributed by atoms with van der Waals surface area (Å²) in [5, 5.41) is 9.77. The van der Waals surface area contributed by atoms with Gasteiger partial charge in [-0.2, -0.15) is 5.10 Å². The normalized spacial score (nSPS) is 11.6. The van der Waals surface area contributed by atoms with Crippen LogP contribution in [0.25, 0.3) is 33.0 Å². The summed E-state index contributed by atoms with van der Waals surface area (Å²) in [6.45, 7) is 0.826. The third kappa shape index (κ3) is 3.73. The number of aromatic amines is 1. The zero-order valence-corrected chi connectivity index (χ0v) is 19.4. The lowest BCUT2D eigenvalue weighted by Crippen LogP contribution is -2.22. The molecule has 6 aromatic rings. The van der Waals surface area contributed by atoms with Gasteiger partial charge in [0.2, 0.25) is 0 Å². The Morgan fingerprint density at radius 1 is 1.14 bits per heavy atom. The highest BCUT2D eigenvalue weighted by molar-refractivity contribution is 6.31. The Morgan fingerprint density at radius 3 is 2.91 bits per heavy atom. The van der Waals surface area contributed by atoms with Gasteiger partial charge in [-0.3, -0.25) is 9.48 Å². The zero-order chi connectivity index (χ0) is 24.1. The minimum absolute atomic E-state index is 0.160. The Morgan fingerprint density at radius 2 is 2.03 bits per heavy atom. The summed E-state index contributed by atoms with van der Waals surface area (Å²) in [4.78, 5) is 28.9. The fourth-order valence-electron chi connectivity index (χ4n) is 4.32. The number of hydrogen-bond acceptors (Lipinski definition) is 6. The fourth-order valence-corrected chi connectivity index (χ4v) is 4.57. The summed E-state index contributed by atoms with van der Waals surface area (Å²) in [6.07, 6.45) is 4.88. The van der Waals surface area contributed by atoms with E-state index in [2.05, 4.69) is 30.4 Å². The van der Waals surface area contributed by atoms with Gasteiger partial charge in [0.15, 0.2) is 11.5 Å². The predicted octanol–water partition coefficient (Wildman–Crippen LogP) is 3.41. The van der Waals surface area contributed by atoms with Gasteiger partial charge in [-0.15, -0.1) is 0 Å². The van der Waals surface area contributed by atoms with Gasteiger partial charge in [0.05, 0.1) is 36.6 Å². The van der Waals surface area contributed by atoms with Gasteiger partial charge in [-0.25, -0.2) is 15.0 Å². The van der Waals surface area contributed by atoms with Crippen molar-refractivity contribution in [2.45, 2.75) is 13.1 Å². The van der Waals surface area contributed by atoms with Crippen LogP contribution in [0.4, 0.5) is 5.82 Å². The van der Waals surface area contributed by atoms with Crippen LogP contribution in [0.5, 0.6) is 0 Å². The number of carbonyl (C=O) groups is 1. The first-order chi connectivity index (χ1) is 17.0. The molecule has 0 spiro atoms. The molecular weight excluding hydrogens is 466 g/mol. The van der Waals surface area contributed by atoms with E-state index in [0.717, 1.165) is 33.1 Å². The minimum Gasteiger partial charge on any atom is -0.382 e. The lowest BCUT2D eigenvalue weighted by atomic mass is 10.1. The highest BCUT2D eigenvalue weighted by Gasteiger charge is 2.14. The number of nitrogens with one attached hydrogen (secondary N) is 2. The molecule has 10 nitrogen and oxygen atoms in total. The maximum absolute atomic E-state index is 12.8. The van der Waals surface area contributed by atoms with Crippen LogP contribution in [0.1, 0.15) is 21.6 Å². The highest BCUT2D eigenvalue weighted by atomic mass is 35.5. The Hall–Kier alpha value is -4.44. The molecule has 0 aliphatic heterocycles. The maximum atomic E-state index is 12.8. The number of aryl methyl sites for hydroxylation is 1. The van der Waals surface area contributed by atoms with Crippen LogP contribution >= 0.6 is 11.6 Å². The number of nitrogens with zero attached hydrogens (tertiary/aromatic N) is 6. The number of benzene rings is 2. The third-order valence-corrected chi connectivity index (χ3v) is 6.27.